The summed E-state index contributed by atoms with van der Waals surface area (Å²) in [6, 6.07) is 2.45. The fourth-order valence-corrected chi connectivity index (χ4v) is 2.59. The van der Waals surface area contributed by atoms with Gasteiger partial charge in [0.15, 0.2) is 0 Å². The summed E-state index contributed by atoms with van der Waals surface area (Å²) < 4.78 is 13.7. The van der Waals surface area contributed by atoms with Gasteiger partial charge in [-0.1, -0.05) is 0 Å². The lowest BCUT2D eigenvalue weighted by Crippen LogP contribution is -2.38. The van der Waals surface area contributed by atoms with Crippen molar-refractivity contribution in [3.8, 4) is 0 Å². The van der Waals surface area contributed by atoms with Gasteiger partial charge in [0.1, 0.15) is 11.9 Å². The molecule has 0 fully saturated rings. The van der Waals surface area contributed by atoms with E-state index in [1.807, 2.05) is 0 Å². The van der Waals surface area contributed by atoms with Gasteiger partial charge in [-0.2, -0.15) is 0 Å². The van der Waals surface area contributed by atoms with Crippen LogP contribution in [0.25, 0.3) is 0 Å². The number of carbonyl (C=O) groups excluding carboxylic acids is 2. The number of aryl methyl sites for hydroxylation is 2. The van der Waals surface area contributed by atoms with Crippen molar-refractivity contribution >= 4 is 23.5 Å². The highest BCUT2D eigenvalue weighted by molar-refractivity contribution is 5.83. The van der Waals surface area contributed by atoms with E-state index < -0.39 is 17.9 Å². The molecule has 0 saturated heterocycles. The smallest absolute Gasteiger partial charge is 0.303 e. The maximum Gasteiger partial charge on any atom is 0.303 e. The third-order valence-corrected chi connectivity index (χ3v) is 4.01. The van der Waals surface area contributed by atoms with Gasteiger partial charge in [-0.15, -0.1) is 0 Å². The molecule has 27 heavy (non-hydrogen) atoms. The van der Waals surface area contributed by atoms with Crippen molar-refractivity contribution in [3.63, 3.8) is 0 Å². The highest BCUT2D eigenvalue weighted by Gasteiger charge is 2.18. The lowest BCUT2D eigenvalue weighted by atomic mass is 10.1. The first-order chi connectivity index (χ1) is 12.7. The van der Waals surface area contributed by atoms with Gasteiger partial charge in [0.2, 0.25) is 5.91 Å². The summed E-state index contributed by atoms with van der Waals surface area (Å²) >= 11 is 0. The van der Waals surface area contributed by atoms with E-state index in [1.165, 1.54) is 0 Å². The van der Waals surface area contributed by atoms with Gasteiger partial charge >= 0.3 is 5.97 Å². The number of rotatable bonds is 11. The Labute approximate surface area is 157 Å². The molecule has 0 aliphatic carbocycles. The van der Waals surface area contributed by atoms with E-state index in [0.29, 0.717) is 42.6 Å². The van der Waals surface area contributed by atoms with E-state index in [-0.39, 0.29) is 24.6 Å². The highest BCUT2D eigenvalue weighted by Crippen LogP contribution is 2.20. The van der Waals surface area contributed by atoms with Crippen LogP contribution >= 0.6 is 0 Å². The molecule has 0 saturated carbocycles. The van der Waals surface area contributed by atoms with E-state index >= 15 is 0 Å². The molecule has 1 aromatic rings. The van der Waals surface area contributed by atoms with Crippen LogP contribution in [0.4, 0.5) is 10.1 Å². The SMILES string of the molecule is Cc1cc(N[C@H](CCCCNC(=O)CCC(=O)O)C(=O)NO)cc(C)c1F. The van der Waals surface area contributed by atoms with E-state index in [2.05, 4.69) is 10.6 Å². The average molecular weight is 383 g/mol. The second kappa shape index (κ2) is 11.1. The number of hydrogen-bond acceptors (Lipinski definition) is 5. The number of amides is 2. The first kappa shape index (κ1) is 22.4. The van der Waals surface area contributed by atoms with Crippen LogP contribution in [0, 0.1) is 19.7 Å². The largest absolute Gasteiger partial charge is 0.481 e. The van der Waals surface area contributed by atoms with E-state index in [1.54, 1.807) is 31.5 Å². The van der Waals surface area contributed by atoms with Gasteiger partial charge in [0.25, 0.3) is 5.91 Å². The summed E-state index contributed by atoms with van der Waals surface area (Å²) in [5.74, 6) is -2.28. The predicted octanol–water partition coefficient (Wildman–Crippen LogP) is 1.88. The molecular formula is C18H26FN3O5. The quantitative estimate of drug-likeness (QED) is 0.225. The molecule has 1 rings (SSSR count). The fourth-order valence-electron chi connectivity index (χ4n) is 2.59. The summed E-state index contributed by atoms with van der Waals surface area (Å²) in [6.07, 6.45) is 1.24. The number of hydrogen-bond donors (Lipinski definition) is 5. The Hall–Kier alpha value is -2.68. The summed E-state index contributed by atoms with van der Waals surface area (Å²) in [5.41, 5.74) is 3.08. The molecule has 1 atom stereocenters. The maximum atomic E-state index is 13.7. The number of unbranched alkanes of at least 4 members (excludes halogenated alkanes) is 1. The van der Waals surface area contributed by atoms with Crippen molar-refractivity contribution in [1.29, 1.82) is 0 Å². The Bertz CT molecular complexity index is 658. The minimum Gasteiger partial charge on any atom is -0.481 e. The van der Waals surface area contributed by atoms with Crippen molar-refractivity contribution in [2.45, 2.75) is 52.0 Å². The Balaban J connectivity index is 2.48. The van der Waals surface area contributed by atoms with Crippen LogP contribution in [-0.4, -0.2) is 40.7 Å². The molecule has 0 heterocycles. The molecule has 0 aliphatic rings. The van der Waals surface area contributed by atoms with Crippen LogP contribution in [-0.2, 0) is 14.4 Å². The average Bonchev–Trinajstić information content (AvgIpc) is 2.62. The number of nitrogens with one attached hydrogen (secondary N) is 3. The summed E-state index contributed by atoms with van der Waals surface area (Å²) in [6.45, 7) is 3.62. The summed E-state index contributed by atoms with van der Waals surface area (Å²) in [5, 5.41) is 23.0. The monoisotopic (exact) mass is 383 g/mol. The summed E-state index contributed by atoms with van der Waals surface area (Å²) in [7, 11) is 0. The number of hydroxylamine groups is 1. The van der Waals surface area contributed by atoms with Crippen LogP contribution < -0.4 is 16.1 Å². The normalized spacial score (nSPS) is 11.6. The number of aliphatic carboxylic acids is 1. The molecule has 0 radical (unpaired) electrons. The number of halogens is 1. The zero-order valence-electron chi connectivity index (χ0n) is 15.5. The number of carboxylic acid groups (broad SMARTS) is 1. The highest BCUT2D eigenvalue weighted by atomic mass is 19.1. The van der Waals surface area contributed by atoms with Gasteiger partial charge in [-0.05, 0) is 56.4 Å². The molecule has 0 bridgehead atoms. The van der Waals surface area contributed by atoms with Gasteiger partial charge in [-0.25, -0.2) is 9.87 Å². The second-order valence-corrected chi connectivity index (χ2v) is 6.34. The standard InChI is InChI=1S/C18H26FN3O5/c1-11-9-13(10-12(2)17(11)19)21-14(18(26)22-27)5-3-4-8-20-15(23)6-7-16(24)25/h9-10,14,21,27H,3-8H2,1-2H3,(H,20,23)(H,22,26)(H,24,25)/t14-/m1/s1. The molecule has 0 aromatic heterocycles. The Morgan fingerprint density at radius 2 is 1.74 bits per heavy atom. The molecule has 0 spiro atoms. The Morgan fingerprint density at radius 3 is 2.30 bits per heavy atom. The van der Waals surface area contributed by atoms with Crippen molar-refractivity contribution < 1.29 is 29.1 Å². The van der Waals surface area contributed by atoms with Crippen molar-refractivity contribution in [1.82, 2.24) is 10.8 Å². The number of carboxylic acids is 1. The first-order valence-electron chi connectivity index (χ1n) is 8.70. The molecule has 0 unspecified atom stereocenters. The van der Waals surface area contributed by atoms with Crippen LogP contribution in [0.5, 0.6) is 0 Å². The van der Waals surface area contributed by atoms with E-state index in [0.717, 1.165) is 0 Å². The molecular weight excluding hydrogens is 357 g/mol. The second-order valence-electron chi connectivity index (χ2n) is 6.34. The van der Waals surface area contributed by atoms with Crippen LogP contribution in [0.3, 0.4) is 0 Å². The molecule has 150 valence electrons. The van der Waals surface area contributed by atoms with Crippen molar-refractivity contribution in [2.75, 3.05) is 11.9 Å². The minimum absolute atomic E-state index is 0.0737. The number of benzene rings is 1. The van der Waals surface area contributed by atoms with E-state index in [9.17, 15) is 18.8 Å². The first-order valence-corrected chi connectivity index (χ1v) is 8.70. The third-order valence-electron chi connectivity index (χ3n) is 4.01. The van der Waals surface area contributed by atoms with Crippen molar-refractivity contribution in [2.24, 2.45) is 0 Å². The predicted molar refractivity (Wildman–Crippen MR) is 96.9 cm³/mol. The molecule has 1 aromatic carbocycles. The van der Waals surface area contributed by atoms with Crippen LogP contribution in [0.2, 0.25) is 0 Å². The fraction of sp³-hybridized carbons (Fsp3) is 0.500. The zero-order chi connectivity index (χ0) is 20.4. The molecule has 9 heteroatoms. The number of carbonyl (C=O) groups is 3. The zero-order valence-corrected chi connectivity index (χ0v) is 15.5. The van der Waals surface area contributed by atoms with Gasteiger partial charge in [0, 0.05) is 18.7 Å². The summed E-state index contributed by atoms with van der Waals surface area (Å²) in [4.78, 5) is 33.7. The van der Waals surface area contributed by atoms with Crippen LogP contribution in [0.15, 0.2) is 12.1 Å². The van der Waals surface area contributed by atoms with Gasteiger partial charge in [0.05, 0.1) is 6.42 Å². The lowest BCUT2D eigenvalue weighted by molar-refractivity contribution is -0.138. The third kappa shape index (κ3) is 8.04. The van der Waals surface area contributed by atoms with Crippen molar-refractivity contribution in [3.05, 3.63) is 29.1 Å². The topological polar surface area (TPSA) is 128 Å². The molecule has 2 amide bonds. The van der Waals surface area contributed by atoms with Gasteiger partial charge in [-0.3, -0.25) is 19.6 Å². The molecule has 0 aliphatic heterocycles. The van der Waals surface area contributed by atoms with E-state index in [4.69, 9.17) is 10.3 Å². The lowest BCUT2D eigenvalue weighted by Gasteiger charge is -2.19. The minimum atomic E-state index is -1.03. The molecule has 5 N–H and O–H groups in total. The van der Waals surface area contributed by atoms with Crippen LogP contribution in [0.1, 0.15) is 43.2 Å². The van der Waals surface area contributed by atoms with Gasteiger partial charge < -0.3 is 15.7 Å². The number of anilines is 1. The maximum absolute atomic E-state index is 13.7. The molecule has 8 nitrogen and oxygen atoms in total. The Kier molecular flexibility index (Phi) is 9.21. The Morgan fingerprint density at radius 1 is 1.11 bits per heavy atom.